The average Bonchev–Trinajstić information content (AvgIpc) is 2.76. The molecule has 8 heteroatoms. The first-order chi connectivity index (χ1) is 8.90. The molecule has 6 nitrogen and oxygen atoms in total. The van der Waals surface area contributed by atoms with Crippen LogP contribution >= 0.6 is 15.9 Å². The normalized spacial score (nSPS) is 11.7. The number of nitrogen functional groups attached to an aromatic ring is 1. The van der Waals surface area contributed by atoms with Crippen molar-refractivity contribution >= 4 is 31.6 Å². The third-order valence-corrected chi connectivity index (χ3v) is 4.73. The van der Waals surface area contributed by atoms with Crippen LogP contribution in [0.1, 0.15) is 5.69 Å². The third kappa shape index (κ3) is 3.14. The highest BCUT2D eigenvalue weighted by Crippen LogP contribution is 2.22. The summed E-state index contributed by atoms with van der Waals surface area (Å²) in [6.07, 6.45) is 1.61. The van der Waals surface area contributed by atoms with Gasteiger partial charge < -0.3 is 5.73 Å². The number of halogens is 1. The smallest absolute Gasteiger partial charge is 0.240 e. The Morgan fingerprint density at radius 2 is 2.16 bits per heavy atom. The fourth-order valence-electron chi connectivity index (χ4n) is 1.50. The Hall–Kier alpha value is -1.38. The zero-order valence-corrected chi connectivity index (χ0v) is 12.6. The van der Waals surface area contributed by atoms with Crippen molar-refractivity contribution in [1.29, 1.82) is 0 Å². The van der Waals surface area contributed by atoms with Crippen molar-refractivity contribution < 1.29 is 8.42 Å². The summed E-state index contributed by atoms with van der Waals surface area (Å²) in [7, 11) is -1.82. The van der Waals surface area contributed by atoms with E-state index in [0.29, 0.717) is 10.2 Å². The average molecular weight is 345 g/mol. The molecule has 0 amide bonds. The van der Waals surface area contributed by atoms with Crippen molar-refractivity contribution in [2.45, 2.75) is 11.4 Å². The Bertz CT molecular complexity index is 696. The van der Waals surface area contributed by atoms with E-state index < -0.39 is 10.0 Å². The van der Waals surface area contributed by atoms with Crippen molar-refractivity contribution in [3.05, 3.63) is 40.6 Å². The second-order valence-corrected chi connectivity index (χ2v) is 6.58. The quantitative estimate of drug-likeness (QED) is 0.816. The number of aryl methyl sites for hydroxylation is 1. The minimum atomic E-state index is -3.57. The van der Waals surface area contributed by atoms with E-state index in [9.17, 15) is 8.42 Å². The van der Waals surface area contributed by atoms with Crippen molar-refractivity contribution in [2.24, 2.45) is 7.05 Å². The highest BCUT2D eigenvalue weighted by molar-refractivity contribution is 9.10. The predicted molar refractivity (Wildman–Crippen MR) is 75.8 cm³/mol. The molecular formula is C11H13BrN4O2S. The van der Waals surface area contributed by atoms with E-state index in [2.05, 4.69) is 25.8 Å². The highest BCUT2D eigenvalue weighted by atomic mass is 79.9. The number of sulfonamides is 1. The summed E-state index contributed by atoms with van der Waals surface area (Å²) in [5, 5.41) is 3.97. The summed E-state index contributed by atoms with van der Waals surface area (Å²) in [6.45, 7) is 0.181. The van der Waals surface area contributed by atoms with Crippen molar-refractivity contribution in [2.75, 3.05) is 5.73 Å². The minimum absolute atomic E-state index is 0.163. The van der Waals surface area contributed by atoms with Gasteiger partial charge in [0, 0.05) is 23.4 Å². The number of hydrogen-bond acceptors (Lipinski definition) is 4. The lowest BCUT2D eigenvalue weighted by molar-refractivity contribution is 0.577. The number of aromatic nitrogens is 2. The lowest BCUT2D eigenvalue weighted by Gasteiger charge is -2.08. The van der Waals surface area contributed by atoms with E-state index in [4.69, 9.17) is 5.73 Å². The number of hydrogen-bond donors (Lipinski definition) is 2. The molecule has 102 valence electrons. The molecular weight excluding hydrogens is 332 g/mol. The summed E-state index contributed by atoms with van der Waals surface area (Å²) in [5.41, 5.74) is 6.90. The van der Waals surface area contributed by atoms with E-state index in [1.807, 2.05) is 0 Å². The van der Waals surface area contributed by atoms with Gasteiger partial charge in [0.1, 0.15) is 0 Å². The summed E-state index contributed by atoms with van der Waals surface area (Å²) in [6, 6.07) is 6.23. The molecule has 0 aliphatic heterocycles. The fraction of sp³-hybridized carbons (Fsp3) is 0.182. The van der Waals surface area contributed by atoms with Crippen LogP contribution in [0.2, 0.25) is 0 Å². The minimum Gasteiger partial charge on any atom is -0.398 e. The largest absolute Gasteiger partial charge is 0.398 e. The van der Waals surface area contributed by atoms with Crippen LogP contribution in [-0.4, -0.2) is 18.2 Å². The number of rotatable bonds is 4. The fourth-order valence-corrected chi connectivity index (χ4v) is 3.06. The number of nitrogens with zero attached hydrogens (tertiary/aromatic N) is 2. The van der Waals surface area contributed by atoms with Gasteiger partial charge in [0.15, 0.2) is 0 Å². The first-order valence-electron chi connectivity index (χ1n) is 5.42. The third-order valence-electron chi connectivity index (χ3n) is 2.65. The lowest BCUT2D eigenvalue weighted by Crippen LogP contribution is -2.24. The van der Waals surface area contributed by atoms with Crippen molar-refractivity contribution in [3.8, 4) is 0 Å². The van der Waals surface area contributed by atoms with Crippen LogP contribution in [0.4, 0.5) is 5.69 Å². The molecule has 19 heavy (non-hydrogen) atoms. The number of nitrogens with one attached hydrogen (secondary N) is 1. The van der Waals surface area contributed by atoms with E-state index in [0.717, 1.165) is 5.69 Å². The van der Waals surface area contributed by atoms with Gasteiger partial charge in [-0.05, 0) is 40.2 Å². The molecule has 0 aliphatic carbocycles. The molecule has 0 saturated carbocycles. The first kappa shape index (κ1) is 14.0. The number of anilines is 1. The standard InChI is InChI=1S/C11H13BrN4O2S/c1-16-8(4-5-14-16)7-15-19(17,18)9-2-3-11(13)10(12)6-9/h2-6,15H,7,13H2,1H3. The van der Waals surface area contributed by atoms with Crippen molar-refractivity contribution in [1.82, 2.24) is 14.5 Å². The Morgan fingerprint density at radius 1 is 1.42 bits per heavy atom. The maximum Gasteiger partial charge on any atom is 0.240 e. The molecule has 0 unspecified atom stereocenters. The second kappa shape index (κ2) is 5.32. The summed E-state index contributed by atoms with van der Waals surface area (Å²) < 4.78 is 28.9. The Morgan fingerprint density at radius 3 is 2.74 bits per heavy atom. The maximum absolute atomic E-state index is 12.1. The zero-order valence-electron chi connectivity index (χ0n) is 10.2. The van der Waals surface area contributed by atoms with Gasteiger partial charge in [-0.15, -0.1) is 0 Å². The van der Waals surface area contributed by atoms with E-state index >= 15 is 0 Å². The van der Waals surface area contributed by atoms with Crippen LogP contribution in [0.5, 0.6) is 0 Å². The second-order valence-electron chi connectivity index (χ2n) is 3.95. The topological polar surface area (TPSA) is 90.0 Å². The molecule has 0 radical (unpaired) electrons. The molecule has 0 spiro atoms. The van der Waals surface area contributed by atoms with E-state index in [-0.39, 0.29) is 11.4 Å². The molecule has 3 N–H and O–H groups in total. The molecule has 1 aromatic heterocycles. The monoisotopic (exact) mass is 344 g/mol. The van der Waals surface area contributed by atoms with Crippen LogP contribution < -0.4 is 10.5 Å². The SMILES string of the molecule is Cn1nccc1CNS(=O)(=O)c1ccc(N)c(Br)c1. The van der Waals surface area contributed by atoms with Gasteiger partial charge in [-0.1, -0.05) is 0 Å². The van der Waals surface area contributed by atoms with Gasteiger partial charge in [-0.25, -0.2) is 13.1 Å². The molecule has 1 heterocycles. The predicted octanol–water partition coefficient (Wildman–Crippen LogP) is 1.24. The van der Waals surface area contributed by atoms with Gasteiger partial charge >= 0.3 is 0 Å². The number of benzene rings is 1. The van der Waals surface area contributed by atoms with Gasteiger partial charge in [0.2, 0.25) is 10.0 Å². The molecule has 2 aromatic rings. The van der Waals surface area contributed by atoms with Gasteiger partial charge in [0.25, 0.3) is 0 Å². The summed E-state index contributed by atoms with van der Waals surface area (Å²) >= 11 is 3.21. The Labute approximate surface area is 119 Å². The van der Waals surface area contributed by atoms with Gasteiger partial charge in [-0.3, -0.25) is 4.68 Å². The van der Waals surface area contributed by atoms with Gasteiger partial charge in [0.05, 0.1) is 17.1 Å². The Balaban J connectivity index is 2.18. The van der Waals surface area contributed by atoms with Crippen LogP contribution in [0, 0.1) is 0 Å². The van der Waals surface area contributed by atoms with Crippen molar-refractivity contribution in [3.63, 3.8) is 0 Å². The molecule has 0 bridgehead atoms. The molecule has 1 aromatic carbocycles. The molecule has 0 aliphatic rings. The summed E-state index contributed by atoms with van der Waals surface area (Å²) in [5.74, 6) is 0. The van der Waals surface area contributed by atoms with E-state index in [1.165, 1.54) is 12.1 Å². The van der Waals surface area contributed by atoms with Gasteiger partial charge in [-0.2, -0.15) is 5.10 Å². The van der Waals surface area contributed by atoms with Crippen LogP contribution in [0.15, 0.2) is 39.8 Å². The Kier molecular flexibility index (Phi) is 3.93. The van der Waals surface area contributed by atoms with Crippen LogP contribution in [0.3, 0.4) is 0 Å². The lowest BCUT2D eigenvalue weighted by atomic mass is 10.3. The number of nitrogens with two attached hydrogens (primary N) is 1. The molecule has 0 fully saturated rings. The first-order valence-corrected chi connectivity index (χ1v) is 7.69. The molecule has 2 rings (SSSR count). The van der Waals surface area contributed by atoms with Crippen LogP contribution in [-0.2, 0) is 23.6 Å². The maximum atomic E-state index is 12.1. The zero-order chi connectivity index (χ0) is 14.0. The molecule has 0 atom stereocenters. The molecule has 0 saturated heterocycles. The summed E-state index contributed by atoms with van der Waals surface area (Å²) in [4.78, 5) is 0.163. The highest BCUT2D eigenvalue weighted by Gasteiger charge is 2.15. The van der Waals surface area contributed by atoms with E-state index in [1.54, 1.807) is 30.1 Å². The van der Waals surface area contributed by atoms with Crippen LogP contribution in [0.25, 0.3) is 0 Å².